The van der Waals surface area contributed by atoms with Gasteiger partial charge in [-0.25, -0.2) is 4.79 Å². The number of allylic oxidation sites excluding steroid dienone is 2. The molecule has 4 heterocycles. The predicted molar refractivity (Wildman–Crippen MR) is 284 cm³/mol. The fraction of sp³-hybridized carbons (Fsp3) is 0.914. The van der Waals surface area contributed by atoms with Crippen molar-refractivity contribution in [1.82, 2.24) is 0 Å². The van der Waals surface area contributed by atoms with Gasteiger partial charge in [0.15, 0.2) is 31.3 Å². The summed E-state index contributed by atoms with van der Waals surface area (Å²) in [5.41, 5.74) is -3.46. The molecule has 26 heteroatoms. The van der Waals surface area contributed by atoms with Gasteiger partial charge in [-0.05, 0) is 96.7 Å². The lowest BCUT2D eigenvalue weighted by molar-refractivity contribution is -0.400. The molecule has 0 bridgehead atoms. The lowest BCUT2D eigenvalue weighted by Gasteiger charge is -2.72. The van der Waals surface area contributed by atoms with Crippen LogP contribution in [0.5, 0.6) is 0 Å². The maximum Gasteiger partial charge on any atom is 0.335 e. The molecule has 9 rings (SSSR count). The number of aldehydes is 1. The summed E-state index contributed by atoms with van der Waals surface area (Å²) in [6.45, 7) is 13.6. The smallest absolute Gasteiger partial charge is 0.335 e. The SMILES string of the molecule is CC(C)CC(=O)O[C@H]1CC(C)(C)C[C@H]2C3=CC[C@@H]4[C@@]5(C)CC[C@H](O[C@@H]6O[C@H](C(=O)O)[C@@H](O)[C@H](O[C@@H]7OC[C@H](O)[C@H](O)[C@H]7O[C@@H]7O[C@H](CO)[C@@H](O)[C@H](O)[C@@H]7O)[C@H]6O[C@@H]6O[C@H](CO)[C@H](O)[C@H](O)[C@H]6O)[C@@](C)(C=O)[C@@H]5CC[C@@]4(C)[C@]3(C)C[C@@H](O)[C@@]12CO. The second kappa shape index (κ2) is 24.4. The Hall–Kier alpha value is -2.49. The molecule has 4 saturated carbocycles. The molecule has 0 unspecified atom stereocenters. The number of aliphatic carboxylic acids is 1. The maximum atomic E-state index is 14.2. The average Bonchev–Trinajstić information content (AvgIpc) is 0.762. The molecule has 0 aromatic heterocycles. The molecule has 0 aromatic rings. The van der Waals surface area contributed by atoms with E-state index in [9.17, 15) is 85.9 Å². The monoisotopic (exact) mass is 1200 g/mol. The number of esters is 1. The number of fused-ring (bicyclic) bond motifs is 7. The van der Waals surface area contributed by atoms with Crippen molar-refractivity contribution >= 4 is 18.2 Å². The van der Waals surface area contributed by atoms with E-state index in [1.54, 1.807) is 6.92 Å². The fourth-order valence-electron chi connectivity index (χ4n) is 17.1. The van der Waals surface area contributed by atoms with Crippen molar-refractivity contribution in [3.63, 3.8) is 0 Å². The third-order valence-corrected chi connectivity index (χ3v) is 22.0. The molecule has 0 radical (unpaired) electrons. The molecule has 9 aliphatic rings. The van der Waals surface area contributed by atoms with Gasteiger partial charge in [-0.3, -0.25) is 4.79 Å². The number of rotatable bonds is 16. The van der Waals surface area contributed by atoms with E-state index in [0.717, 1.165) is 11.9 Å². The van der Waals surface area contributed by atoms with Crippen LogP contribution in [0.3, 0.4) is 0 Å². The molecule has 0 aromatic carbocycles. The Balaban J connectivity index is 1.04. The first-order chi connectivity index (χ1) is 39.3. The van der Waals surface area contributed by atoms with Gasteiger partial charge in [0.25, 0.3) is 0 Å². The molecule has 14 N–H and O–H groups in total. The number of carbonyl (C=O) groups excluding carboxylic acids is 2. The van der Waals surface area contributed by atoms with Crippen LogP contribution in [-0.4, -0.2) is 251 Å². The molecule has 8 fully saturated rings. The highest BCUT2D eigenvalue weighted by atomic mass is 16.8. The Morgan fingerprint density at radius 1 is 0.655 bits per heavy atom. The molecule has 30 atom stereocenters. The third-order valence-electron chi connectivity index (χ3n) is 22.0. The van der Waals surface area contributed by atoms with Crippen molar-refractivity contribution in [3.05, 3.63) is 11.6 Å². The van der Waals surface area contributed by atoms with Gasteiger partial charge < -0.3 is 119 Å². The van der Waals surface area contributed by atoms with Crippen molar-refractivity contribution in [3.8, 4) is 0 Å². The van der Waals surface area contributed by atoms with Crippen LogP contribution in [0.4, 0.5) is 0 Å². The van der Waals surface area contributed by atoms with E-state index < -0.39 is 194 Å². The Morgan fingerprint density at radius 3 is 1.81 bits per heavy atom. The first kappa shape index (κ1) is 65.9. The number of carbonyl (C=O) groups is 3. The van der Waals surface area contributed by atoms with E-state index >= 15 is 0 Å². The highest BCUT2D eigenvalue weighted by Crippen LogP contribution is 2.76. The molecule has 4 aliphatic heterocycles. The van der Waals surface area contributed by atoms with E-state index in [1.165, 1.54) is 0 Å². The van der Waals surface area contributed by atoms with Crippen LogP contribution in [0.2, 0.25) is 0 Å². The van der Waals surface area contributed by atoms with E-state index in [4.69, 9.17) is 42.6 Å². The van der Waals surface area contributed by atoms with Crippen molar-refractivity contribution < 1.29 is 129 Å². The molecule has 5 aliphatic carbocycles. The Labute approximate surface area is 487 Å². The zero-order valence-corrected chi connectivity index (χ0v) is 49.0. The zero-order valence-electron chi connectivity index (χ0n) is 49.0. The van der Waals surface area contributed by atoms with E-state index in [1.807, 2.05) is 13.8 Å². The summed E-state index contributed by atoms with van der Waals surface area (Å²) in [5.74, 6) is -2.94. The molecular weight excluding hydrogens is 1110 g/mol. The Morgan fingerprint density at radius 2 is 1.25 bits per heavy atom. The minimum atomic E-state index is -2.29. The summed E-state index contributed by atoms with van der Waals surface area (Å²) in [6, 6.07) is 0. The predicted octanol–water partition coefficient (Wildman–Crippen LogP) is -2.11. The second-order valence-corrected chi connectivity index (χ2v) is 27.8. The second-order valence-electron chi connectivity index (χ2n) is 27.8. The Kier molecular flexibility index (Phi) is 19.1. The Bertz CT molecular complexity index is 2370. The number of ether oxygens (including phenoxy) is 9. The number of hydrogen-bond acceptors (Lipinski definition) is 25. The molecule has 26 nitrogen and oxygen atoms in total. The van der Waals surface area contributed by atoms with Gasteiger partial charge in [-0.1, -0.05) is 67.0 Å². The van der Waals surface area contributed by atoms with Crippen molar-refractivity contribution in [2.45, 2.75) is 248 Å². The van der Waals surface area contributed by atoms with Gasteiger partial charge in [-0.15, -0.1) is 0 Å². The molecule has 84 heavy (non-hydrogen) atoms. The lowest BCUT2D eigenvalue weighted by Crippen LogP contribution is -2.70. The first-order valence-electron chi connectivity index (χ1n) is 29.7. The van der Waals surface area contributed by atoms with Crippen molar-refractivity contribution in [2.24, 2.45) is 56.2 Å². The van der Waals surface area contributed by atoms with Crippen molar-refractivity contribution in [2.75, 3.05) is 26.4 Å². The molecular formula is C58H92O26. The number of carboxylic acid groups (broad SMARTS) is 1. The maximum absolute atomic E-state index is 14.2. The van der Waals surface area contributed by atoms with Gasteiger partial charge in [0.1, 0.15) is 97.8 Å². The standard InChI is InChI=1S/C58H92O26/c1-24(2)15-35(65)79-34-18-53(3,4)16-26-25-9-10-31-54(5)13-12-33(55(6,22-61)30(54)11-14-56(31,7)57(25,8)17-32(64)58(26,34)23-62)80-52-47(84-50-42(72)40(70)38(68)29(20-60)78-50)44(43(73)45(82-52)48(74)75)81-51-46(36(66)27(63)21-76-51)83-49-41(71)39(69)37(67)28(19-59)77-49/h9,22,24,26-34,36-47,49-52,59-60,62-64,66-73H,10-21,23H2,1-8H3,(H,74,75)/t26-,27-,28+,29+,30+,31+,32+,33-,34-,36-,37+,38-,39-,40-,41-,42+,43-,44-,45-,46+,47+,49-,50-,51-,52+,54-,55-,56+,57+,58-/m0/s1. The van der Waals surface area contributed by atoms with E-state index in [2.05, 4.69) is 40.7 Å². The average molecular weight is 1210 g/mol. The van der Waals surface area contributed by atoms with Gasteiger partial charge in [0, 0.05) is 6.42 Å². The van der Waals surface area contributed by atoms with Crippen LogP contribution < -0.4 is 0 Å². The summed E-state index contributed by atoms with van der Waals surface area (Å²) in [6.07, 6.45) is -33.2. The van der Waals surface area contributed by atoms with Gasteiger partial charge in [0.05, 0.1) is 49.5 Å². The van der Waals surface area contributed by atoms with Gasteiger partial charge >= 0.3 is 11.9 Å². The summed E-state index contributed by atoms with van der Waals surface area (Å²) in [5, 5.41) is 154. The largest absolute Gasteiger partial charge is 0.479 e. The molecule has 4 saturated heterocycles. The van der Waals surface area contributed by atoms with Crippen LogP contribution >= 0.6 is 0 Å². The molecule has 480 valence electrons. The summed E-state index contributed by atoms with van der Waals surface area (Å²) in [7, 11) is 0. The third kappa shape index (κ3) is 11.0. The van der Waals surface area contributed by atoms with Gasteiger partial charge in [0.2, 0.25) is 0 Å². The summed E-state index contributed by atoms with van der Waals surface area (Å²) >= 11 is 0. The lowest BCUT2D eigenvalue weighted by atomic mass is 9.33. The van der Waals surface area contributed by atoms with Crippen LogP contribution in [-0.2, 0) is 57.0 Å². The minimum Gasteiger partial charge on any atom is -0.479 e. The van der Waals surface area contributed by atoms with E-state index in [0.29, 0.717) is 38.5 Å². The zero-order chi connectivity index (χ0) is 61.7. The highest BCUT2D eigenvalue weighted by Gasteiger charge is 2.73. The quantitative estimate of drug-likeness (QED) is 0.0340. The fourth-order valence-corrected chi connectivity index (χ4v) is 17.1. The van der Waals surface area contributed by atoms with Gasteiger partial charge in [-0.2, -0.15) is 0 Å². The topological polar surface area (TPSA) is 418 Å². The van der Waals surface area contributed by atoms with E-state index in [-0.39, 0.29) is 55.0 Å². The summed E-state index contributed by atoms with van der Waals surface area (Å²) in [4.78, 5) is 40.7. The van der Waals surface area contributed by atoms with Crippen LogP contribution in [0.1, 0.15) is 113 Å². The number of carboxylic acids is 1. The van der Waals surface area contributed by atoms with Crippen molar-refractivity contribution in [1.29, 1.82) is 0 Å². The number of aliphatic hydroxyl groups excluding tert-OH is 13. The highest BCUT2D eigenvalue weighted by molar-refractivity contribution is 5.73. The molecule has 0 amide bonds. The van der Waals surface area contributed by atoms with Crippen LogP contribution in [0.15, 0.2) is 11.6 Å². The minimum absolute atomic E-state index is 0.0404. The van der Waals surface area contributed by atoms with Crippen LogP contribution in [0, 0.1) is 56.2 Å². The normalized spacial score (nSPS) is 52.0. The van der Waals surface area contributed by atoms with Crippen LogP contribution in [0.25, 0.3) is 0 Å². The summed E-state index contributed by atoms with van der Waals surface area (Å²) < 4.78 is 54.6. The first-order valence-corrected chi connectivity index (χ1v) is 29.7. The molecule has 0 spiro atoms. The number of aliphatic hydroxyl groups is 13. The number of hydrogen-bond donors (Lipinski definition) is 14.